The number of imidazole rings is 1. The topological polar surface area (TPSA) is 52.9 Å². The lowest BCUT2D eigenvalue weighted by Gasteiger charge is -2.19. The van der Waals surface area contributed by atoms with Crippen LogP contribution in [0.25, 0.3) is 5.65 Å². The first-order valence-corrected chi connectivity index (χ1v) is 10.2. The molecule has 0 aliphatic carbocycles. The first kappa shape index (κ1) is 19.8. The molecule has 6 nitrogen and oxygen atoms in total. The fourth-order valence-corrected chi connectivity index (χ4v) is 3.88. The highest BCUT2D eigenvalue weighted by Gasteiger charge is 2.22. The molecule has 2 aromatic heterocycles. The van der Waals surface area contributed by atoms with Crippen molar-refractivity contribution in [2.75, 3.05) is 33.7 Å². The zero-order valence-corrected chi connectivity index (χ0v) is 16.9. The number of aromatic nitrogens is 2. The summed E-state index contributed by atoms with van der Waals surface area (Å²) in [6, 6.07) is 6.59. The Hall–Kier alpha value is -1.92. The first-order chi connectivity index (χ1) is 13.1. The fourth-order valence-electron chi connectivity index (χ4n) is 3.88. The van der Waals surface area contributed by atoms with E-state index in [1.54, 1.807) is 4.90 Å². The largest absolute Gasteiger partial charge is 0.340 e. The number of fused-ring (bicyclic) bond motifs is 1. The molecule has 1 amide bonds. The van der Waals surface area contributed by atoms with Crippen molar-refractivity contribution in [3.8, 4) is 0 Å². The predicted molar refractivity (Wildman–Crippen MR) is 109 cm³/mol. The molecule has 27 heavy (non-hydrogen) atoms. The van der Waals surface area contributed by atoms with Gasteiger partial charge in [0.2, 0.25) is 0 Å². The summed E-state index contributed by atoms with van der Waals surface area (Å²) in [4.78, 5) is 21.8. The monoisotopic (exact) mass is 371 g/mol. The van der Waals surface area contributed by atoms with E-state index in [2.05, 4.69) is 29.2 Å². The van der Waals surface area contributed by atoms with E-state index >= 15 is 0 Å². The Bertz CT molecular complexity index is 756. The Kier molecular flexibility index (Phi) is 6.85. The molecule has 1 aliphatic heterocycles. The fraction of sp³-hybridized carbons (Fsp3) is 0.619. The molecule has 0 spiro atoms. The Morgan fingerprint density at radius 3 is 3.00 bits per heavy atom. The SMILES string of the molecule is CCCCN(C)C(=O)c1nc2ccccn2c1CNCCC1CCCN1C. The minimum Gasteiger partial charge on any atom is -0.340 e. The Morgan fingerprint density at radius 1 is 1.41 bits per heavy atom. The first-order valence-electron chi connectivity index (χ1n) is 10.2. The van der Waals surface area contributed by atoms with Crippen molar-refractivity contribution < 1.29 is 4.79 Å². The standard InChI is InChI=1S/C21H33N5O/c1-4-5-13-25(3)21(27)20-18(26-15-7-6-10-19(26)23-20)16-22-12-11-17-9-8-14-24(17)2/h6-7,10,15,17,22H,4-5,8-9,11-14,16H2,1-3H3. The number of unbranched alkanes of at least 4 members (excludes halogenated alkanes) is 1. The van der Waals surface area contributed by atoms with Crippen LogP contribution in [-0.2, 0) is 6.54 Å². The van der Waals surface area contributed by atoms with E-state index in [9.17, 15) is 4.79 Å². The number of carbonyl (C=O) groups is 1. The normalized spacial score (nSPS) is 17.7. The van der Waals surface area contributed by atoms with Crippen molar-refractivity contribution in [3.63, 3.8) is 0 Å². The van der Waals surface area contributed by atoms with Crippen LogP contribution in [0.3, 0.4) is 0 Å². The zero-order chi connectivity index (χ0) is 19.2. The van der Waals surface area contributed by atoms with Gasteiger partial charge in [-0.15, -0.1) is 0 Å². The van der Waals surface area contributed by atoms with Crippen LogP contribution in [0.5, 0.6) is 0 Å². The number of nitrogens with one attached hydrogen (secondary N) is 1. The number of nitrogens with zero attached hydrogens (tertiary/aromatic N) is 4. The molecule has 0 radical (unpaired) electrons. The molecule has 0 bridgehead atoms. The summed E-state index contributed by atoms with van der Waals surface area (Å²) in [5.74, 6) is 0.0134. The van der Waals surface area contributed by atoms with Crippen molar-refractivity contribution in [1.82, 2.24) is 24.5 Å². The van der Waals surface area contributed by atoms with Gasteiger partial charge in [0.1, 0.15) is 5.65 Å². The molecule has 1 fully saturated rings. The third kappa shape index (κ3) is 4.68. The van der Waals surface area contributed by atoms with Gasteiger partial charge < -0.3 is 19.5 Å². The summed E-state index contributed by atoms with van der Waals surface area (Å²) in [7, 11) is 4.08. The van der Waals surface area contributed by atoms with Gasteiger partial charge in [0.05, 0.1) is 5.69 Å². The highest BCUT2D eigenvalue weighted by Crippen LogP contribution is 2.18. The minimum atomic E-state index is 0.0134. The van der Waals surface area contributed by atoms with Crippen molar-refractivity contribution >= 4 is 11.6 Å². The second-order valence-electron chi connectivity index (χ2n) is 7.66. The summed E-state index contributed by atoms with van der Waals surface area (Å²) in [5.41, 5.74) is 2.36. The molecule has 3 heterocycles. The van der Waals surface area contributed by atoms with Gasteiger partial charge in [-0.05, 0) is 58.0 Å². The van der Waals surface area contributed by atoms with E-state index in [4.69, 9.17) is 0 Å². The van der Waals surface area contributed by atoms with Crippen LogP contribution in [0.2, 0.25) is 0 Å². The second-order valence-corrected chi connectivity index (χ2v) is 7.66. The maximum absolute atomic E-state index is 12.9. The molecule has 6 heteroatoms. The number of hydrogen-bond donors (Lipinski definition) is 1. The van der Waals surface area contributed by atoms with E-state index in [0.717, 1.165) is 43.7 Å². The quantitative estimate of drug-likeness (QED) is 0.689. The maximum atomic E-state index is 12.9. The van der Waals surface area contributed by atoms with Gasteiger partial charge in [0.15, 0.2) is 5.69 Å². The van der Waals surface area contributed by atoms with Crippen LogP contribution in [0.1, 0.15) is 55.2 Å². The van der Waals surface area contributed by atoms with Crippen molar-refractivity contribution in [3.05, 3.63) is 35.8 Å². The van der Waals surface area contributed by atoms with E-state index in [1.165, 1.54) is 19.4 Å². The van der Waals surface area contributed by atoms with Crippen molar-refractivity contribution in [2.45, 2.75) is 51.6 Å². The molecule has 1 atom stereocenters. The van der Waals surface area contributed by atoms with E-state index in [0.29, 0.717) is 18.3 Å². The third-order valence-corrected chi connectivity index (χ3v) is 5.64. The zero-order valence-electron chi connectivity index (χ0n) is 16.9. The smallest absolute Gasteiger partial charge is 0.274 e. The van der Waals surface area contributed by atoms with Crippen LogP contribution in [0.15, 0.2) is 24.4 Å². The molecular formula is C21H33N5O. The summed E-state index contributed by atoms with van der Waals surface area (Å²) < 4.78 is 2.04. The lowest BCUT2D eigenvalue weighted by atomic mass is 10.1. The van der Waals surface area contributed by atoms with Gasteiger partial charge in [0, 0.05) is 32.4 Å². The molecule has 148 valence electrons. The molecule has 2 aromatic rings. The van der Waals surface area contributed by atoms with Gasteiger partial charge in [-0.25, -0.2) is 4.98 Å². The van der Waals surface area contributed by atoms with E-state index in [-0.39, 0.29) is 5.91 Å². The average Bonchev–Trinajstić information content (AvgIpc) is 3.26. The van der Waals surface area contributed by atoms with Crippen molar-refractivity contribution in [1.29, 1.82) is 0 Å². The third-order valence-electron chi connectivity index (χ3n) is 5.64. The summed E-state index contributed by atoms with van der Waals surface area (Å²) in [5, 5.41) is 3.55. The number of pyridine rings is 1. The Labute approximate surface area is 162 Å². The number of carbonyl (C=O) groups excluding carboxylic acids is 1. The molecule has 1 unspecified atom stereocenters. The van der Waals surface area contributed by atoms with Gasteiger partial charge in [0.25, 0.3) is 5.91 Å². The molecular weight excluding hydrogens is 338 g/mol. The van der Waals surface area contributed by atoms with Crippen LogP contribution in [-0.4, -0.2) is 64.9 Å². The second kappa shape index (κ2) is 9.33. The molecule has 3 rings (SSSR count). The average molecular weight is 372 g/mol. The Morgan fingerprint density at radius 2 is 2.26 bits per heavy atom. The van der Waals surface area contributed by atoms with Gasteiger partial charge >= 0.3 is 0 Å². The van der Waals surface area contributed by atoms with Crippen LogP contribution in [0.4, 0.5) is 0 Å². The predicted octanol–water partition coefficient (Wildman–Crippen LogP) is 2.78. The lowest BCUT2D eigenvalue weighted by Crippen LogP contribution is -2.31. The summed E-state index contributed by atoms with van der Waals surface area (Å²) in [6.07, 6.45) is 7.82. The highest BCUT2D eigenvalue weighted by atomic mass is 16.2. The number of amides is 1. The van der Waals surface area contributed by atoms with Crippen molar-refractivity contribution in [2.24, 2.45) is 0 Å². The van der Waals surface area contributed by atoms with Crippen LogP contribution in [0, 0.1) is 0 Å². The Balaban J connectivity index is 1.69. The molecule has 1 saturated heterocycles. The molecule has 1 N–H and O–H groups in total. The highest BCUT2D eigenvalue weighted by molar-refractivity contribution is 5.94. The van der Waals surface area contributed by atoms with Crippen LogP contribution >= 0.6 is 0 Å². The number of rotatable bonds is 9. The summed E-state index contributed by atoms with van der Waals surface area (Å²) in [6.45, 7) is 5.73. The van der Waals surface area contributed by atoms with E-state index < -0.39 is 0 Å². The molecule has 1 aliphatic rings. The molecule has 0 saturated carbocycles. The number of likely N-dealkylation sites (tertiary alicyclic amines) is 1. The van der Waals surface area contributed by atoms with Gasteiger partial charge in [-0.2, -0.15) is 0 Å². The summed E-state index contributed by atoms with van der Waals surface area (Å²) >= 11 is 0. The lowest BCUT2D eigenvalue weighted by molar-refractivity contribution is 0.0787. The van der Waals surface area contributed by atoms with E-state index in [1.807, 2.05) is 35.8 Å². The van der Waals surface area contributed by atoms with Gasteiger partial charge in [-0.1, -0.05) is 19.4 Å². The molecule has 0 aromatic carbocycles. The maximum Gasteiger partial charge on any atom is 0.274 e. The number of hydrogen-bond acceptors (Lipinski definition) is 4. The van der Waals surface area contributed by atoms with Crippen LogP contribution < -0.4 is 5.32 Å². The van der Waals surface area contributed by atoms with Gasteiger partial charge in [-0.3, -0.25) is 4.79 Å². The minimum absolute atomic E-state index is 0.0134.